The standard InChI is InChI=1S/C21H25NO2/c1-2-24-19-12-7-6-9-17(19)13-14-20(23)22-21(15-8-16-21)18-10-4-3-5-11-18/h3-7,9-12H,2,8,13-16H2,1H3,(H,22,23). The normalized spacial score (nSPS) is 15.4. The van der Waals surface area contributed by atoms with Crippen molar-refractivity contribution in [3.8, 4) is 5.75 Å². The van der Waals surface area contributed by atoms with Gasteiger partial charge in [-0.1, -0.05) is 48.5 Å². The van der Waals surface area contributed by atoms with E-state index in [2.05, 4.69) is 17.4 Å². The van der Waals surface area contributed by atoms with E-state index in [1.807, 2.05) is 49.4 Å². The Morgan fingerprint density at radius 3 is 2.46 bits per heavy atom. The van der Waals surface area contributed by atoms with Crippen LogP contribution in [0.3, 0.4) is 0 Å². The molecule has 24 heavy (non-hydrogen) atoms. The van der Waals surface area contributed by atoms with Gasteiger partial charge < -0.3 is 10.1 Å². The number of hydrogen-bond donors (Lipinski definition) is 1. The molecule has 2 aromatic rings. The second kappa shape index (κ2) is 7.52. The first-order valence-corrected chi connectivity index (χ1v) is 8.81. The van der Waals surface area contributed by atoms with Gasteiger partial charge in [0, 0.05) is 6.42 Å². The molecule has 0 atom stereocenters. The van der Waals surface area contributed by atoms with E-state index in [1.165, 1.54) is 12.0 Å². The molecule has 3 rings (SSSR count). The summed E-state index contributed by atoms with van der Waals surface area (Å²) in [5.74, 6) is 0.999. The summed E-state index contributed by atoms with van der Waals surface area (Å²) >= 11 is 0. The predicted octanol–water partition coefficient (Wildman–Crippen LogP) is 4.21. The van der Waals surface area contributed by atoms with Gasteiger partial charge in [0.1, 0.15) is 5.75 Å². The van der Waals surface area contributed by atoms with Crippen LogP contribution in [0.1, 0.15) is 43.7 Å². The third-order valence-electron chi connectivity index (χ3n) is 4.81. The molecule has 0 unspecified atom stereocenters. The van der Waals surface area contributed by atoms with E-state index in [0.717, 1.165) is 24.2 Å². The Hall–Kier alpha value is -2.29. The van der Waals surface area contributed by atoms with E-state index >= 15 is 0 Å². The molecule has 0 aliphatic heterocycles. The molecule has 1 fully saturated rings. The minimum atomic E-state index is -0.155. The van der Waals surface area contributed by atoms with Crippen LogP contribution in [0.4, 0.5) is 0 Å². The first-order chi connectivity index (χ1) is 11.7. The molecule has 2 aromatic carbocycles. The van der Waals surface area contributed by atoms with Gasteiger partial charge in [-0.25, -0.2) is 0 Å². The number of carbonyl (C=O) groups is 1. The predicted molar refractivity (Wildman–Crippen MR) is 96.0 cm³/mol. The zero-order valence-electron chi connectivity index (χ0n) is 14.3. The summed E-state index contributed by atoms with van der Waals surface area (Å²) in [6, 6.07) is 18.3. The molecule has 0 bridgehead atoms. The Balaban J connectivity index is 1.62. The molecule has 0 spiro atoms. The third-order valence-corrected chi connectivity index (χ3v) is 4.81. The molecule has 3 nitrogen and oxygen atoms in total. The first-order valence-electron chi connectivity index (χ1n) is 8.81. The van der Waals surface area contributed by atoms with Gasteiger partial charge in [0.25, 0.3) is 0 Å². The van der Waals surface area contributed by atoms with Crippen molar-refractivity contribution in [1.29, 1.82) is 0 Å². The Morgan fingerprint density at radius 2 is 1.79 bits per heavy atom. The average molecular weight is 323 g/mol. The summed E-state index contributed by atoms with van der Waals surface area (Å²) in [5, 5.41) is 3.29. The lowest BCUT2D eigenvalue weighted by Gasteiger charge is -2.43. The summed E-state index contributed by atoms with van der Waals surface area (Å²) in [6.45, 7) is 2.62. The SMILES string of the molecule is CCOc1ccccc1CCC(=O)NC1(c2ccccc2)CCC1. The van der Waals surface area contributed by atoms with Gasteiger partial charge in [0.2, 0.25) is 5.91 Å². The van der Waals surface area contributed by atoms with Crippen molar-refractivity contribution in [1.82, 2.24) is 5.32 Å². The molecule has 3 heteroatoms. The molecule has 1 aliphatic rings. The molecule has 1 N–H and O–H groups in total. The maximum absolute atomic E-state index is 12.5. The smallest absolute Gasteiger partial charge is 0.221 e. The van der Waals surface area contributed by atoms with E-state index in [1.54, 1.807) is 0 Å². The van der Waals surface area contributed by atoms with Crippen LogP contribution < -0.4 is 10.1 Å². The molecule has 0 saturated heterocycles. The van der Waals surface area contributed by atoms with Crippen molar-refractivity contribution in [3.05, 3.63) is 65.7 Å². The Kier molecular flexibility index (Phi) is 5.19. The van der Waals surface area contributed by atoms with Crippen LogP contribution in [0.5, 0.6) is 5.75 Å². The Labute approximate surface area is 144 Å². The third kappa shape index (κ3) is 3.61. The van der Waals surface area contributed by atoms with Crippen LogP contribution >= 0.6 is 0 Å². The number of ether oxygens (including phenoxy) is 1. The lowest BCUT2D eigenvalue weighted by molar-refractivity contribution is -0.124. The monoisotopic (exact) mass is 323 g/mol. The summed E-state index contributed by atoms with van der Waals surface area (Å²) < 4.78 is 5.64. The first kappa shape index (κ1) is 16.6. The van der Waals surface area contributed by atoms with Gasteiger partial charge in [-0.2, -0.15) is 0 Å². The van der Waals surface area contributed by atoms with Crippen molar-refractivity contribution in [2.45, 2.75) is 44.6 Å². The second-order valence-electron chi connectivity index (χ2n) is 6.39. The molecule has 126 valence electrons. The zero-order chi connectivity index (χ0) is 16.8. The van der Waals surface area contributed by atoms with E-state index < -0.39 is 0 Å². The highest BCUT2D eigenvalue weighted by Gasteiger charge is 2.39. The topological polar surface area (TPSA) is 38.3 Å². The number of carbonyl (C=O) groups excluding carboxylic acids is 1. The Morgan fingerprint density at radius 1 is 1.08 bits per heavy atom. The van der Waals surface area contributed by atoms with Gasteiger partial charge in [0.15, 0.2) is 0 Å². The van der Waals surface area contributed by atoms with Crippen LogP contribution in [0.15, 0.2) is 54.6 Å². The minimum Gasteiger partial charge on any atom is -0.494 e. The summed E-state index contributed by atoms with van der Waals surface area (Å²) in [6.07, 6.45) is 4.41. The second-order valence-corrected chi connectivity index (χ2v) is 6.39. The quantitative estimate of drug-likeness (QED) is 0.829. The lowest BCUT2D eigenvalue weighted by atomic mass is 9.71. The van der Waals surface area contributed by atoms with Gasteiger partial charge >= 0.3 is 0 Å². The number of aryl methyl sites for hydroxylation is 1. The molecular formula is C21H25NO2. The fourth-order valence-corrected chi connectivity index (χ4v) is 3.36. The van der Waals surface area contributed by atoms with Crippen molar-refractivity contribution < 1.29 is 9.53 Å². The molecule has 1 saturated carbocycles. The van der Waals surface area contributed by atoms with Crippen molar-refractivity contribution >= 4 is 5.91 Å². The zero-order valence-corrected chi connectivity index (χ0v) is 14.3. The van der Waals surface area contributed by atoms with Crippen molar-refractivity contribution in [3.63, 3.8) is 0 Å². The maximum Gasteiger partial charge on any atom is 0.221 e. The summed E-state index contributed by atoms with van der Waals surface area (Å²) in [7, 11) is 0. The molecule has 0 heterocycles. The highest BCUT2D eigenvalue weighted by molar-refractivity contribution is 5.77. The highest BCUT2D eigenvalue weighted by Crippen LogP contribution is 2.41. The number of nitrogens with one attached hydrogen (secondary N) is 1. The van der Waals surface area contributed by atoms with Crippen LogP contribution in [-0.4, -0.2) is 12.5 Å². The van der Waals surface area contributed by atoms with Crippen LogP contribution in [0.2, 0.25) is 0 Å². The van der Waals surface area contributed by atoms with Crippen molar-refractivity contribution in [2.75, 3.05) is 6.61 Å². The van der Waals surface area contributed by atoms with Crippen LogP contribution in [-0.2, 0) is 16.8 Å². The van der Waals surface area contributed by atoms with Crippen LogP contribution in [0, 0.1) is 0 Å². The lowest BCUT2D eigenvalue weighted by Crippen LogP contribution is -2.50. The average Bonchev–Trinajstić information content (AvgIpc) is 2.58. The minimum absolute atomic E-state index is 0.116. The van der Waals surface area contributed by atoms with E-state index in [0.29, 0.717) is 19.4 Å². The largest absolute Gasteiger partial charge is 0.494 e. The summed E-state index contributed by atoms with van der Waals surface area (Å²) in [5.41, 5.74) is 2.16. The number of benzene rings is 2. The molecule has 0 aromatic heterocycles. The number of amides is 1. The fraction of sp³-hybridized carbons (Fsp3) is 0.381. The van der Waals surface area contributed by atoms with Crippen LogP contribution in [0.25, 0.3) is 0 Å². The van der Waals surface area contributed by atoms with Gasteiger partial charge in [-0.3, -0.25) is 4.79 Å². The maximum atomic E-state index is 12.5. The number of hydrogen-bond acceptors (Lipinski definition) is 2. The number of para-hydroxylation sites is 1. The van der Waals surface area contributed by atoms with Gasteiger partial charge in [0.05, 0.1) is 12.1 Å². The molecule has 0 radical (unpaired) electrons. The van der Waals surface area contributed by atoms with Gasteiger partial charge in [-0.15, -0.1) is 0 Å². The summed E-state index contributed by atoms with van der Waals surface area (Å²) in [4.78, 5) is 12.5. The molecular weight excluding hydrogens is 298 g/mol. The Bertz CT molecular complexity index is 677. The van der Waals surface area contributed by atoms with E-state index in [-0.39, 0.29) is 11.4 Å². The van der Waals surface area contributed by atoms with E-state index in [4.69, 9.17) is 4.74 Å². The fourth-order valence-electron chi connectivity index (χ4n) is 3.36. The van der Waals surface area contributed by atoms with Crippen molar-refractivity contribution in [2.24, 2.45) is 0 Å². The number of rotatable bonds is 7. The highest BCUT2D eigenvalue weighted by atomic mass is 16.5. The molecule has 1 amide bonds. The van der Waals surface area contributed by atoms with E-state index in [9.17, 15) is 4.79 Å². The van der Waals surface area contributed by atoms with Gasteiger partial charge in [-0.05, 0) is 49.8 Å². The molecule has 1 aliphatic carbocycles.